The van der Waals surface area contributed by atoms with E-state index in [0.717, 1.165) is 31.1 Å². The van der Waals surface area contributed by atoms with Crippen molar-refractivity contribution in [2.75, 3.05) is 6.54 Å². The largest absolute Gasteiger partial charge is 0.489 e. The monoisotopic (exact) mass is 275 g/mol. The average Bonchev–Trinajstić information content (AvgIpc) is 2.47. The SMILES string of the molecule is CCCNC1CCC(C)CC1Oc1cccc(CC)c1. The van der Waals surface area contributed by atoms with Crippen molar-refractivity contribution >= 4 is 0 Å². The number of aryl methyl sites for hydroxylation is 1. The first-order valence-corrected chi connectivity index (χ1v) is 8.21. The Morgan fingerprint density at radius 1 is 1.25 bits per heavy atom. The summed E-state index contributed by atoms with van der Waals surface area (Å²) in [5, 5.41) is 3.67. The van der Waals surface area contributed by atoms with Gasteiger partial charge in [0, 0.05) is 6.04 Å². The second-order valence-electron chi connectivity index (χ2n) is 6.14. The third-order valence-electron chi connectivity index (χ3n) is 4.30. The van der Waals surface area contributed by atoms with Crippen LogP contribution >= 0.6 is 0 Å². The number of nitrogens with one attached hydrogen (secondary N) is 1. The molecule has 1 fully saturated rings. The van der Waals surface area contributed by atoms with Crippen LogP contribution in [0.5, 0.6) is 5.75 Å². The first-order valence-electron chi connectivity index (χ1n) is 8.21. The Hall–Kier alpha value is -1.02. The Bertz CT molecular complexity index is 402. The molecule has 2 nitrogen and oxygen atoms in total. The number of ether oxygens (including phenoxy) is 1. The minimum absolute atomic E-state index is 0.317. The van der Waals surface area contributed by atoms with Gasteiger partial charge in [0.15, 0.2) is 0 Å². The lowest BCUT2D eigenvalue weighted by Gasteiger charge is -2.35. The summed E-state index contributed by atoms with van der Waals surface area (Å²) >= 11 is 0. The number of rotatable bonds is 6. The summed E-state index contributed by atoms with van der Waals surface area (Å²) in [4.78, 5) is 0. The molecule has 1 N–H and O–H groups in total. The van der Waals surface area contributed by atoms with Gasteiger partial charge in [-0.2, -0.15) is 0 Å². The zero-order valence-electron chi connectivity index (χ0n) is 13.2. The molecule has 1 aliphatic rings. The fourth-order valence-electron chi connectivity index (χ4n) is 3.04. The first-order chi connectivity index (χ1) is 9.72. The molecular weight excluding hydrogens is 246 g/mol. The van der Waals surface area contributed by atoms with Crippen molar-refractivity contribution in [2.45, 2.75) is 65.0 Å². The highest BCUT2D eigenvalue weighted by molar-refractivity contribution is 5.28. The lowest BCUT2D eigenvalue weighted by atomic mass is 9.85. The van der Waals surface area contributed by atoms with E-state index in [1.807, 2.05) is 0 Å². The standard InChI is InChI=1S/C18H29NO/c1-4-11-19-17-10-9-14(3)12-18(17)20-16-8-6-7-15(5-2)13-16/h6-8,13-14,17-19H,4-5,9-12H2,1-3H3. The van der Waals surface area contributed by atoms with E-state index in [2.05, 4.69) is 50.4 Å². The number of hydrogen-bond acceptors (Lipinski definition) is 2. The minimum Gasteiger partial charge on any atom is -0.489 e. The molecule has 2 heteroatoms. The van der Waals surface area contributed by atoms with E-state index in [9.17, 15) is 0 Å². The predicted molar refractivity (Wildman–Crippen MR) is 85.3 cm³/mol. The molecule has 0 spiro atoms. The Morgan fingerprint density at radius 3 is 2.85 bits per heavy atom. The van der Waals surface area contributed by atoms with Crippen LogP contribution in [0.2, 0.25) is 0 Å². The molecule has 1 aromatic rings. The van der Waals surface area contributed by atoms with Gasteiger partial charge in [-0.25, -0.2) is 0 Å². The van der Waals surface area contributed by atoms with Gasteiger partial charge in [-0.3, -0.25) is 0 Å². The summed E-state index contributed by atoms with van der Waals surface area (Å²) in [7, 11) is 0. The number of hydrogen-bond donors (Lipinski definition) is 1. The summed E-state index contributed by atoms with van der Waals surface area (Å²) in [5.74, 6) is 1.81. The zero-order chi connectivity index (χ0) is 14.4. The highest BCUT2D eigenvalue weighted by Crippen LogP contribution is 2.28. The molecule has 3 unspecified atom stereocenters. The van der Waals surface area contributed by atoms with Crippen LogP contribution in [-0.4, -0.2) is 18.7 Å². The Morgan fingerprint density at radius 2 is 2.10 bits per heavy atom. The van der Waals surface area contributed by atoms with Crippen molar-refractivity contribution in [1.29, 1.82) is 0 Å². The molecule has 0 bridgehead atoms. The van der Waals surface area contributed by atoms with Crippen LogP contribution in [-0.2, 0) is 6.42 Å². The first kappa shape index (κ1) is 15.4. The molecule has 0 amide bonds. The second-order valence-corrected chi connectivity index (χ2v) is 6.14. The highest BCUT2D eigenvalue weighted by atomic mass is 16.5. The molecule has 3 atom stereocenters. The smallest absolute Gasteiger partial charge is 0.120 e. The normalized spacial score (nSPS) is 26.4. The molecule has 1 saturated carbocycles. The predicted octanol–water partition coefficient (Wildman–Crippen LogP) is 4.18. The summed E-state index contributed by atoms with van der Waals surface area (Å²) < 4.78 is 6.32. The average molecular weight is 275 g/mol. The minimum atomic E-state index is 0.317. The molecule has 0 heterocycles. The van der Waals surface area contributed by atoms with Crippen LogP contribution in [0.25, 0.3) is 0 Å². The van der Waals surface area contributed by atoms with E-state index in [0.29, 0.717) is 12.1 Å². The highest BCUT2D eigenvalue weighted by Gasteiger charge is 2.29. The van der Waals surface area contributed by atoms with Crippen molar-refractivity contribution in [3.05, 3.63) is 29.8 Å². The van der Waals surface area contributed by atoms with Gasteiger partial charge in [-0.1, -0.05) is 32.9 Å². The summed E-state index contributed by atoms with van der Waals surface area (Å²) in [5.41, 5.74) is 1.35. The quantitative estimate of drug-likeness (QED) is 0.840. The Kier molecular flexibility index (Phi) is 5.90. The lowest BCUT2D eigenvalue weighted by molar-refractivity contribution is 0.0908. The molecule has 1 aromatic carbocycles. The van der Waals surface area contributed by atoms with Gasteiger partial charge in [0.25, 0.3) is 0 Å². The fraction of sp³-hybridized carbons (Fsp3) is 0.667. The molecule has 112 valence electrons. The second kappa shape index (κ2) is 7.68. The van der Waals surface area contributed by atoms with Crippen LogP contribution < -0.4 is 10.1 Å². The third kappa shape index (κ3) is 4.24. The van der Waals surface area contributed by atoms with E-state index in [-0.39, 0.29) is 0 Å². The van der Waals surface area contributed by atoms with E-state index in [4.69, 9.17) is 4.74 Å². The molecular formula is C18H29NO. The summed E-state index contributed by atoms with van der Waals surface area (Å²) in [6.45, 7) is 7.84. The fourth-order valence-corrected chi connectivity index (χ4v) is 3.04. The summed E-state index contributed by atoms with van der Waals surface area (Å²) in [6.07, 6.45) is 6.28. The van der Waals surface area contributed by atoms with E-state index < -0.39 is 0 Å². The van der Waals surface area contributed by atoms with Gasteiger partial charge in [0.1, 0.15) is 11.9 Å². The van der Waals surface area contributed by atoms with Crippen LogP contribution in [0.4, 0.5) is 0 Å². The zero-order valence-corrected chi connectivity index (χ0v) is 13.2. The molecule has 0 aromatic heterocycles. The van der Waals surface area contributed by atoms with Crippen LogP contribution in [0.3, 0.4) is 0 Å². The Balaban J connectivity index is 2.02. The van der Waals surface area contributed by atoms with E-state index in [1.54, 1.807) is 0 Å². The van der Waals surface area contributed by atoms with Crippen LogP contribution in [0.15, 0.2) is 24.3 Å². The van der Waals surface area contributed by atoms with Crippen molar-refractivity contribution in [2.24, 2.45) is 5.92 Å². The Labute approximate surface area is 123 Å². The van der Waals surface area contributed by atoms with Gasteiger partial charge >= 0.3 is 0 Å². The summed E-state index contributed by atoms with van der Waals surface area (Å²) in [6, 6.07) is 9.07. The molecule has 20 heavy (non-hydrogen) atoms. The maximum Gasteiger partial charge on any atom is 0.120 e. The maximum absolute atomic E-state index is 6.32. The van der Waals surface area contributed by atoms with Crippen LogP contribution in [0, 0.1) is 5.92 Å². The topological polar surface area (TPSA) is 21.3 Å². The molecule has 0 radical (unpaired) electrons. The van der Waals surface area contributed by atoms with Crippen molar-refractivity contribution in [3.63, 3.8) is 0 Å². The van der Waals surface area contributed by atoms with Crippen molar-refractivity contribution < 1.29 is 4.74 Å². The molecule has 0 aliphatic heterocycles. The van der Waals surface area contributed by atoms with Crippen molar-refractivity contribution in [1.82, 2.24) is 5.32 Å². The number of benzene rings is 1. The third-order valence-corrected chi connectivity index (χ3v) is 4.30. The van der Waals surface area contributed by atoms with Gasteiger partial charge in [-0.05, 0) is 62.3 Å². The molecule has 0 saturated heterocycles. The lowest BCUT2D eigenvalue weighted by Crippen LogP contribution is -2.47. The van der Waals surface area contributed by atoms with Gasteiger partial charge < -0.3 is 10.1 Å². The molecule has 1 aliphatic carbocycles. The van der Waals surface area contributed by atoms with Gasteiger partial charge in [0.2, 0.25) is 0 Å². The van der Waals surface area contributed by atoms with Gasteiger partial charge in [-0.15, -0.1) is 0 Å². The maximum atomic E-state index is 6.32. The van der Waals surface area contributed by atoms with E-state index in [1.165, 1.54) is 24.8 Å². The van der Waals surface area contributed by atoms with Crippen LogP contribution in [0.1, 0.15) is 52.0 Å². The van der Waals surface area contributed by atoms with Gasteiger partial charge in [0.05, 0.1) is 0 Å². The van der Waals surface area contributed by atoms with Crippen molar-refractivity contribution in [3.8, 4) is 5.75 Å². The molecule has 2 rings (SSSR count). The van der Waals surface area contributed by atoms with E-state index >= 15 is 0 Å².